The van der Waals surface area contributed by atoms with Crippen LogP contribution in [0.25, 0.3) is 0 Å². The minimum absolute atomic E-state index is 0.280. The quantitative estimate of drug-likeness (QED) is 0.810. The van der Waals surface area contributed by atoms with E-state index < -0.39 is 0 Å². The summed E-state index contributed by atoms with van der Waals surface area (Å²) in [5, 5.41) is 3.23. The summed E-state index contributed by atoms with van der Waals surface area (Å²) < 4.78 is 5.87. The van der Waals surface area contributed by atoms with Gasteiger partial charge in [-0.3, -0.25) is 0 Å². The molecule has 0 aliphatic heterocycles. The smallest absolute Gasteiger partial charge is 0.119 e. The monoisotopic (exact) mass is 235 g/mol. The van der Waals surface area contributed by atoms with Gasteiger partial charge in [0.05, 0.1) is 6.10 Å². The summed E-state index contributed by atoms with van der Waals surface area (Å²) in [6, 6.07) is 8.74. The molecule has 2 heteroatoms. The lowest BCUT2D eigenvalue weighted by molar-refractivity contribution is 0.193. The first-order valence-electron chi connectivity index (χ1n) is 6.46. The SMILES string of the molecule is CNC(C)c1ccc(OC(C)CC(C)C)cc1. The molecular weight excluding hydrogens is 210 g/mol. The van der Waals surface area contributed by atoms with Gasteiger partial charge in [-0.1, -0.05) is 26.0 Å². The Morgan fingerprint density at radius 2 is 1.65 bits per heavy atom. The van der Waals surface area contributed by atoms with E-state index in [0.717, 1.165) is 12.2 Å². The number of hydrogen-bond acceptors (Lipinski definition) is 2. The van der Waals surface area contributed by atoms with E-state index in [9.17, 15) is 0 Å². The molecule has 0 saturated carbocycles. The van der Waals surface area contributed by atoms with Crippen molar-refractivity contribution in [2.45, 2.75) is 46.3 Å². The van der Waals surface area contributed by atoms with Gasteiger partial charge in [-0.25, -0.2) is 0 Å². The molecule has 0 aliphatic rings. The molecule has 0 bridgehead atoms. The molecule has 0 spiro atoms. The number of nitrogens with one attached hydrogen (secondary N) is 1. The van der Waals surface area contributed by atoms with E-state index in [1.807, 2.05) is 7.05 Å². The molecule has 17 heavy (non-hydrogen) atoms. The third-order valence-corrected chi connectivity index (χ3v) is 2.95. The fourth-order valence-corrected chi connectivity index (χ4v) is 1.95. The third kappa shape index (κ3) is 4.78. The molecule has 0 aromatic heterocycles. The van der Waals surface area contributed by atoms with Gasteiger partial charge in [0.2, 0.25) is 0 Å². The maximum Gasteiger partial charge on any atom is 0.119 e. The van der Waals surface area contributed by atoms with Gasteiger partial charge in [-0.05, 0) is 50.9 Å². The Balaban J connectivity index is 2.56. The average molecular weight is 235 g/mol. The number of rotatable bonds is 6. The van der Waals surface area contributed by atoms with Crippen LogP contribution in [0.15, 0.2) is 24.3 Å². The molecule has 1 aromatic rings. The summed E-state index contributed by atoms with van der Waals surface area (Å²) in [5.41, 5.74) is 1.29. The first-order valence-corrected chi connectivity index (χ1v) is 6.46. The van der Waals surface area contributed by atoms with E-state index in [1.165, 1.54) is 5.56 Å². The van der Waals surface area contributed by atoms with Crippen LogP contribution in [0, 0.1) is 5.92 Å². The second-order valence-electron chi connectivity index (χ2n) is 5.14. The van der Waals surface area contributed by atoms with E-state index in [-0.39, 0.29) is 6.10 Å². The largest absolute Gasteiger partial charge is 0.491 e. The third-order valence-electron chi connectivity index (χ3n) is 2.95. The van der Waals surface area contributed by atoms with Crippen LogP contribution in [0.3, 0.4) is 0 Å². The molecule has 2 unspecified atom stereocenters. The maximum atomic E-state index is 5.87. The zero-order valence-electron chi connectivity index (χ0n) is 11.7. The van der Waals surface area contributed by atoms with Gasteiger partial charge >= 0.3 is 0 Å². The molecule has 2 nitrogen and oxygen atoms in total. The lowest BCUT2D eigenvalue weighted by Gasteiger charge is -2.17. The molecule has 0 aliphatic carbocycles. The lowest BCUT2D eigenvalue weighted by atomic mass is 10.1. The van der Waals surface area contributed by atoms with Crippen molar-refractivity contribution in [2.24, 2.45) is 5.92 Å². The van der Waals surface area contributed by atoms with Crippen molar-refractivity contribution in [2.75, 3.05) is 7.05 Å². The topological polar surface area (TPSA) is 21.3 Å². The summed E-state index contributed by atoms with van der Waals surface area (Å²) in [7, 11) is 1.97. The highest BCUT2D eigenvalue weighted by Crippen LogP contribution is 2.19. The van der Waals surface area contributed by atoms with Gasteiger partial charge in [0.15, 0.2) is 0 Å². The van der Waals surface area contributed by atoms with Crippen LogP contribution in [0.2, 0.25) is 0 Å². The van der Waals surface area contributed by atoms with E-state index in [0.29, 0.717) is 12.0 Å². The second kappa shape index (κ2) is 6.65. The van der Waals surface area contributed by atoms with Crippen LogP contribution in [-0.2, 0) is 0 Å². The predicted octanol–water partition coefficient (Wildman–Crippen LogP) is 3.78. The van der Waals surface area contributed by atoms with Crippen LogP contribution in [0.4, 0.5) is 0 Å². The Morgan fingerprint density at radius 1 is 1.06 bits per heavy atom. The molecule has 2 atom stereocenters. The zero-order chi connectivity index (χ0) is 12.8. The van der Waals surface area contributed by atoms with Gasteiger partial charge in [-0.2, -0.15) is 0 Å². The summed E-state index contributed by atoms with van der Waals surface area (Å²) in [4.78, 5) is 0. The zero-order valence-corrected chi connectivity index (χ0v) is 11.7. The molecule has 0 saturated heterocycles. The van der Waals surface area contributed by atoms with Crippen molar-refractivity contribution in [3.05, 3.63) is 29.8 Å². The Morgan fingerprint density at radius 3 is 2.12 bits per heavy atom. The summed E-state index contributed by atoms with van der Waals surface area (Å²) in [6.07, 6.45) is 1.37. The van der Waals surface area contributed by atoms with Gasteiger partial charge < -0.3 is 10.1 Å². The van der Waals surface area contributed by atoms with Crippen LogP contribution in [0.1, 0.15) is 45.7 Å². The van der Waals surface area contributed by atoms with Gasteiger partial charge in [-0.15, -0.1) is 0 Å². The summed E-state index contributed by atoms with van der Waals surface area (Å²) in [6.45, 7) is 8.72. The highest BCUT2D eigenvalue weighted by Gasteiger charge is 2.07. The Hall–Kier alpha value is -1.02. The second-order valence-corrected chi connectivity index (χ2v) is 5.14. The van der Waals surface area contributed by atoms with Gasteiger partial charge in [0.25, 0.3) is 0 Å². The molecule has 0 radical (unpaired) electrons. The van der Waals surface area contributed by atoms with Crippen LogP contribution in [0.5, 0.6) is 5.75 Å². The molecule has 0 amide bonds. The highest BCUT2D eigenvalue weighted by molar-refractivity contribution is 5.29. The van der Waals surface area contributed by atoms with Crippen LogP contribution in [-0.4, -0.2) is 13.2 Å². The fourth-order valence-electron chi connectivity index (χ4n) is 1.95. The predicted molar refractivity (Wildman–Crippen MR) is 73.5 cm³/mol. The summed E-state index contributed by atoms with van der Waals surface area (Å²) >= 11 is 0. The first-order chi connectivity index (χ1) is 8.02. The number of benzene rings is 1. The van der Waals surface area contributed by atoms with Crippen LogP contribution >= 0.6 is 0 Å². The number of hydrogen-bond donors (Lipinski definition) is 1. The van der Waals surface area contributed by atoms with E-state index in [4.69, 9.17) is 4.74 Å². The molecule has 1 N–H and O–H groups in total. The van der Waals surface area contributed by atoms with Crippen molar-refractivity contribution in [3.8, 4) is 5.75 Å². The molecule has 96 valence electrons. The molecule has 0 fully saturated rings. The average Bonchev–Trinajstić information content (AvgIpc) is 2.28. The van der Waals surface area contributed by atoms with Crippen LogP contribution < -0.4 is 10.1 Å². The van der Waals surface area contributed by atoms with E-state index in [2.05, 4.69) is 57.3 Å². The minimum Gasteiger partial charge on any atom is -0.491 e. The van der Waals surface area contributed by atoms with E-state index >= 15 is 0 Å². The number of ether oxygens (including phenoxy) is 1. The Kier molecular flexibility index (Phi) is 5.49. The van der Waals surface area contributed by atoms with Crippen molar-refractivity contribution >= 4 is 0 Å². The molecular formula is C15H25NO. The lowest BCUT2D eigenvalue weighted by Crippen LogP contribution is -2.15. The standard InChI is InChI=1S/C15H25NO/c1-11(2)10-12(3)17-15-8-6-14(7-9-15)13(4)16-5/h6-9,11-13,16H,10H2,1-5H3. The van der Waals surface area contributed by atoms with Gasteiger partial charge in [0.1, 0.15) is 5.75 Å². The Bertz CT molecular complexity index is 318. The molecule has 1 aromatic carbocycles. The minimum atomic E-state index is 0.280. The van der Waals surface area contributed by atoms with Crippen molar-refractivity contribution in [1.29, 1.82) is 0 Å². The van der Waals surface area contributed by atoms with Gasteiger partial charge in [0, 0.05) is 6.04 Å². The fraction of sp³-hybridized carbons (Fsp3) is 0.600. The van der Waals surface area contributed by atoms with Crippen molar-refractivity contribution in [1.82, 2.24) is 5.32 Å². The molecule has 0 heterocycles. The van der Waals surface area contributed by atoms with E-state index in [1.54, 1.807) is 0 Å². The normalized spacial score (nSPS) is 14.7. The maximum absolute atomic E-state index is 5.87. The van der Waals surface area contributed by atoms with Crippen molar-refractivity contribution in [3.63, 3.8) is 0 Å². The molecule has 1 rings (SSSR count). The Labute approximate surface area is 105 Å². The summed E-state index contributed by atoms with van der Waals surface area (Å²) in [5.74, 6) is 1.64. The van der Waals surface area contributed by atoms with Crippen molar-refractivity contribution < 1.29 is 4.74 Å². The first kappa shape index (κ1) is 14.0. The highest BCUT2D eigenvalue weighted by atomic mass is 16.5.